The Bertz CT molecular complexity index is 153. The highest BCUT2D eigenvalue weighted by atomic mass is 127. The molecule has 1 aromatic heterocycles. The molecule has 0 unspecified atom stereocenters. The number of aryl methyl sites for hydroxylation is 1. The number of halogens is 1. The molecule has 0 amide bonds. The molecule has 0 bridgehead atoms. The lowest BCUT2D eigenvalue weighted by molar-refractivity contribution is 0.998. The molecule has 0 aliphatic rings. The van der Waals surface area contributed by atoms with Crippen molar-refractivity contribution in [3.63, 3.8) is 0 Å². The zero-order valence-corrected chi connectivity index (χ0v) is 8.37. The van der Waals surface area contributed by atoms with Crippen molar-refractivity contribution in [2.24, 2.45) is 0 Å². The molecule has 1 heterocycles. The largest absolute Gasteiger partial charge is 0.245 e. The highest BCUT2D eigenvalue weighted by Crippen LogP contribution is 1.88. The second kappa shape index (κ2) is 6.92. The molecule has 0 atom stereocenters. The summed E-state index contributed by atoms with van der Waals surface area (Å²) in [5, 5.41) is 0. The zero-order valence-electron chi connectivity index (χ0n) is 6.21. The van der Waals surface area contributed by atoms with Gasteiger partial charge in [0.05, 0.1) is 0 Å². The van der Waals surface area contributed by atoms with Crippen LogP contribution >= 0.6 is 22.6 Å². The SMILES string of the molecule is CCc1ccncn1.CI. The van der Waals surface area contributed by atoms with Crippen molar-refractivity contribution in [3.05, 3.63) is 24.3 Å². The smallest absolute Gasteiger partial charge is 0.115 e. The first-order chi connectivity index (χ1) is 4.93. The Morgan fingerprint density at radius 1 is 1.50 bits per heavy atom. The van der Waals surface area contributed by atoms with Gasteiger partial charge in [0.25, 0.3) is 0 Å². The van der Waals surface area contributed by atoms with Gasteiger partial charge < -0.3 is 0 Å². The summed E-state index contributed by atoms with van der Waals surface area (Å²) in [6.07, 6.45) is 4.31. The maximum atomic E-state index is 3.99. The fourth-order valence-electron chi connectivity index (χ4n) is 0.527. The Balaban J connectivity index is 0.000000371. The summed E-state index contributed by atoms with van der Waals surface area (Å²) in [5.41, 5.74) is 1.10. The van der Waals surface area contributed by atoms with Gasteiger partial charge in [0.15, 0.2) is 0 Å². The van der Waals surface area contributed by atoms with Crippen molar-refractivity contribution < 1.29 is 0 Å². The van der Waals surface area contributed by atoms with E-state index in [2.05, 4.69) is 39.5 Å². The normalized spacial score (nSPS) is 7.90. The van der Waals surface area contributed by atoms with Gasteiger partial charge in [-0.3, -0.25) is 0 Å². The maximum Gasteiger partial charge on any atom is 0.115 e. The van der Waals surface area contributed by atoms with E-state index in [-0.39, 0.29) is 0 Å². The van der Waals surface area contributed by atoms with Crippen LogP contribution in [-0.4, -0.2) is 14.9 Å². The van der Waals surface area contributed by atoms with Crippen LogP contribution < -0.4 is 0 Å². The topological polar surface area (TPSA) is 25.8 Å². The van der Waals surface area contributed by atoms with Gasteiger partial charge in [-0.05, 0) is 17.4 Å². The van der Waals surface area contributed by atoms with Gasteiger partial charge in [0.1, 0.15) is 6.33 Å². The Kier molecular flexibility index (Phi) is 6.79. The van der Waals surface area contributed by atoms with Crippen LogP contribution in [-0.2, 0) is 6.42 Å². The summed E-state index contributed by atoms with van der Waals surface area (Å²) in [6, 6.07) is 1.92. The van der Waals surface area contributed by atoms with Gasteiger partial charge >= 0.3 is 0 Å². The third-order valence-corrected chi connectivity index (χ3v) is 1.01. The molecule has 56 valence electrons. The summed E-state index contributed by atoms with van der Waals surface area (Å²) < 4.78 is 0. The van der Waals surface area contributed by atoms with Gasteiger partial charge in [-0.2, -0.15) is 0 Å². The van der Waals surface area contributed by atoms with E-state index in [0.717, 1.165) is 12.1 Å². The molecule has 0 fully saturated rings. The first-order valence-electron chi connectivity index (χ1n) is 3.06. The van der Waals surface area contributed by atoms with Crippen LogP contribution in [0.5, 0.6) is 0 Å². The Morgan fingerprint density at radius 3 is 2.50 bits per heavy atom. The average molecular weight is 250 g/mol. The van der Waals surface area contributed by atoms with Crippen LogP contribution in [0.25, 0.3) is 0 Å². The zero-order chi connectivity index (χ0) is 7.82. The number of alkyl halides is 1. The maximum absolute atomic E-state index is 3.99. The first-order valence-corrected chi connectivity index (χ1v) is 5.22. The monoisotopic (exact) mass is 250 g/mol. The van der Waals surface area contributed by atoms with Crippen LogP contribution in [0, 0.1) is 0 Å². The molecule has 2 nitrogen and oxygen atoms in total. The van der Waals surface area contributed by atoms with E-state index >= 15 is 0 Å². The first kappa shape index (κ1) is 9.81. The van der Waals surface area contributed by atoms with Crippen molar-refractivity contribution in [2.75, 3.05) is 4.93 Å². The molecule has 0 saturated carbocycles. The van der Waals surface area contributed by atoms with Crippen LogP contribution in [0.2, 0.25) is 0 Å². The molecule has 0 aromatic carbocycles. The third-order valence-electron chi connectivity index (χ3n) is 1.01. The standard InChI is InChI=1S/C6H8N2.CH3I/c1-2-6-3-4-7-5-8-6;1-2/h3-5H,2H2,1H3;1H3. The molecule has 0 aliphatic carbocycles. The number of nitrogens with zero attached hydrogens (tertiary/aromatic N) is 2. The molecular weight excluding hydrogens is 239 g/mol. The van der Waals surface area contributed by atoms with Crippen molar-refractivity contribution >= 4 is 22.6 Å². The predicted octanol–water partition coefficient (Wildman–Crippen LogP) is 2.09. The van der Waals surface area contributed by atoms with E-state index < -0.39 is 0 Å². The second-order valence-corrected chi connectivity index (χ2v) is 1.55. The quantitative estimate of drug-likeness (QED) is 0.563. The molecule has 0 N–H and O–H groups in total. The van der Waals surface area contributed by atoms with Crippen LogP contribution in [0.1, 0.15) is 12.6 Å². The molecule has 3 heteroatoms. The van der Waals surface area contributed by atoms with E-state index in [9.17, 15) is 0 Å². The average Bonchev–Trinajstić information content (AvgIpc) is 2.10. The molecule has 1 aromatic rings. The van der Waals surface area contributed by atoms with Crippen LogP contribution in [0.3, 0.4) is 0 Å². The highest BCUT2D eigenvalue weighted by molar-refractivity contribution is 14.1. The highest BCUT2D eigenvalue weighted by Gasteiger charge is 1.82. The molecule has 0 saturated heterocycles. The Hall–Kier alpha value is -0.190. The minimum Gasteiger partial charge on any atom is -0.245 e. The lowest BCUT2D eigenvalue weighted by atomic mass is 10.3. The molecule has 0 spiro atoms. The molecule has 0 aliphatic heterocycles. The molecular formula is C7H11IN2. The van der Waals surface area contributed by atoms with Crippen LogP contribution in [0.4, 0.5) is 0 Å². The van der Waals surface area contributed by atoms with Gasteiger partial charge in [-0.15, -0.1) is 0 Å². The summed E-state index contributed by atoms with van der Waals surface area (Å²) in [7, 11) is 0. The summed E-state index contributed by atoms with van der Waals surface area (Å²) >= 11 is 2.15. The fourth-order valence-corrected chi connectivity index (χ4v) is 0.527. The van der Waals surface area contributed by atoms with E-state index in [4.69, 9.17) is 0 Å². The van der Waals surface area contributed by atoms with E-state index in [1.807, 2.05) is 11.0 Å². The van der Waals surface area contributed by atoms with Crippen molar-refractivity contribution in [1.29, 1.82) is 0 Å². The predicted molar refractivity (Wildman–Crippen MR) is 51.4 cm³/mol. The minimum absolute atomic E-state index is 0.989. The fraction of sp³-hybridized carbons (Fsp3) is 0.429. The lowest BCUT2D eigenvalue weighted by Gasteiger charge is -1.88. The van der Waals surface area contributed by atoms with E-state index in [0.29, 0.717) is 0 Å². The van der Waals surface area contributed by atoms with Gasteiger partial charge in [-0.25, -0.2) is 9.97 Å². The second-order valence-electron chi connectivity index (χ2n) is 1.55. The lowest BCUT2D eigenvalue weighted by Crippen LogP contribution is -1.84. The van der Waals surface area contributed by atoms with Crippen molar-refractivity contribution in [3.8, 4) is 0 Å². The molecule has 1 rings (SSSR count). The number of aromatic nitrogens is 2. The van der Waals surface area contributed by atoms with Crippen LogP contribution in [0.15, 0.2) is 18.6 Å². The minimum atomic E-state index is 0.989. The van der Waals surface area contributed by atoms with Gasteiger partial charge in [-0.1, -0.05) is 29.5 Å². The van der Waals surface area contributed by atoms with Crippen molar-refractivity contribution in [2.45, 2.75) is 13.3 Å². The summed E-state index contributed by atoms with van der Waals surface area (Å²) in [4.78, 5) is 9.74. The van der Waals surface area contributed by atoms with Gasteiger partial charge in [0.2, 0.25) is 0 Å². The molecule has 10 heavy (non-hydrogen) atoms. The Morgan fingerprint density at radius 2 is 2.20 bits per heavy atom. The Labute approximate surface area is 75.2 Å². The summed E-state index contributed by atoms with van der Waals surface area (Å²) in [5.74, 6) is 0. The van der Waals surface area contributed by atoms with E-state index in [1.54, 1.807) is 12.5 Å². The van der Waals surface area contributed by atoms with Crippen molar-refractivity contribution in [1.82, 2.24) is 9.97 Å². The number of hydrogen-bond donors (Lipinski definition) is 0. The summed E-state index contributed by atoms with van der Waals surface area (Å²) in [6.45, 7) is 2.07. The number of rotatable bonds is 1. The van der Waals surface area contributed by atoms with E-state index in [1.165, 1.54) is 0 Å². The molecule has 0 radical (unpaired) electrons. The number of hydrogen-bond acceptors (Lipinski definition) is 2. The van der Waals surface area contributed by atoms with Gasteiger partial charge in [0, 0.05) is 11.9 Å². The third kappa shape index (κ3) is 3.76.